The fraction of sp³-hybridized carbons (Fsp3) is 0.308. The summed E-state index contributed by atoms with van der Waals surface area (Å²) in [5.41, 5.74) is 7.02. The van der Waals surface area contributed by atoms with Crippen LogP contribution in [0.4, 0.5) is 10.5 Å². The molecule has 1 heterocycles. The van der Waals surface area contributed by atoms with Crippen LogP contribution in [0.15, 0.2) is 103 Å². The number of ether oxygens (including phenoxy) is 1. The van der Waals surface area contributed by atoms with Crippen molar-refractivity contribution in [3.8, 4) is 11.1 Å². The molecule has 1 amide bonds. The monoisotopic (exact) mass is 693 g/mol. The topological polar surface area (TPSA) is 133 Å². The number of nitro benzene ring substituents is 1. The molecule has 0 bridgehead atoms. The molecular formula is C39H40N3O7P. The Bertz CT molecular complexity index is 1980. The molecule has 0 aliphatic heterocycles. The second-order valence-electron chi connectivity index (χ2n) is 13.0. The van der Waals surface area contributed by atoms with E-state index in [2.05, 4.69) is 34.6 Å². The van der Waals surface area contributed by atoms with Gasteiger partial charge in [-0.05, 0) is 76.8 Å². The molecule has 1 aromatic heterocycles. The molecule has 0 saturated heterocycles. The van der Waals surface area contributed by atoms with Crippen LogP contribution in [0.1, 0.15) is 60.3 Å². The number of H-pyrrole nitrogens is 1. The summed E-state index contributed by atoms with van der Waals surface area (Å²) in [6, 6.07) is 30.1. The van der Waals surface area contributed by atoms with Gasteiger partial charge >= 0.3 is 13.7 Å². The van der Waals surface area contributed by atoms with Gasteiger partial charge in [0.1, 0.15) is 12.4 Å². The van der Waals surface area contributed by atoms with Crippen LogP contribution >= 0.6 is 7.60 Å². The predicted octanol–water partition coefficient (Wildman–Crippen LogP) is 9.49. The van der Waals surface area contributed by atoms with Crippen LogP contribution in [0.2, 0.25) is 0 Å². The second-order valence-corrected chi connectivity index (χ2v) is 15.1. The molecule has 5 aromatic rings. The van der Waals surface area contributed by atoms with Crippen molar-refractivity contribution in [2.75, 3.05) is 13.2 Å². The number of carbonyl (C=O) groups is 1. The number of hydrogen-bond donors (Lipinski definition) is 2. The molecule has 1 saturated carbocycles. The zero-order valence-corrected chi connectivity index (χ0v) is 28.6. The van der Waals surface area contributed by atoms with Crippen molar-refractivity contribution in [3.05, 3.63) is 136 Å². The average Bonchev–Trinajstić information content (AvgIpc) is 3.71. The molecule has 2 aliphatic rings. The van der Waals surface area contributed by atoms with Gasteiger partial charge in [0.25, 0.3) is 5.69 Å². The third-order valence-electron chi connectivity index (χ3n) is 9.92. The SMILES string of the molecule is O=C(N[C@@H](C1CCCCC1)P(=O)(OCCc1c[nH]c2ccccc12)OCc1ccc([N+](=O)[O-])cc1)OCC1c2ccccc2-c2ccccc21. The van der Waals surface area contributed by atoms with Crippen LogP contribution in [0.3, 0.4) is 0 Å². The van der Waals surface area contributed by atoms with Gasteiger partial charge in [-0.1, -0.05) is 86.0 Å². The fourth-order valence-electron chi connectivity index (χ4n) is 7.36. The lowest BCUT2D eigenvalue weighted by molar-refractivity contribution is -0.384. The Kier molecular flexibility index (Phi) is 10.1. The molecular weight excluding hydrogens is 653 g/mol. The molecule has 11 heteroatoms. The zero-order valence-electron chi connectivity index (χ0n) is 27.7. The van der Waals surface area contributed by atoms with Crippen molar-refractivity contribution < 1.29 is 28.1 Å². The maximum absolute atomic E-state index is 15.0. The molecule has 258 valence electrons. The lowest BCUT2D eigenvalue weighted by atomic mass is 9.89. The second kappa shape index (κ2) is 15.0. The van der Waals surface area contributed by atoms with Crippen LogP contribution in [0.25, 0.3) is 22.0 Å². The first-order valence-corrected chi connectivity index (χ1v) is 18.8. The Morgan fingerprint density at radius 1 is 0.880 bits per heavy atom. The van der Waals surface area contributed by atoms with Gasteiger partial charge in [-0.3, -0.25) is 14.7 Å². The maximum Gasteiger partial charge on any atom is 0.407 e. The first-order valence-electron chi connectivity index (χ1n) is 17.2. The van der Waals surface area contributed by atoms with E-state index in [9.17, 15) is 14.9 Å². The molecule has 0 spiro atoms. The molecule has 10 nitrogen and oxygen atoms in total. The number of fused-ring (bicyclic) bond motifs is 4. The highest BCUT2D eigenvalue weighted by Gasteiger charge is 2.44. The highest BCUT2D eigenvalue weighted by molar-refractivity contribution is 7.54. The Morgan fingerprint density at radius 2 is 1.54 bits per heavy atom. The number of aromatic amines is 1. The van der Waals surface area contributed by atoms with Gasteiger partial charge in [0.15, 0.2) is 0 Å². The minimum absolute atomic E-state index is 0.0519. The first kappa shape index (κ1) is 33.7. The largest absolute Gasteiger partial charge is 0.449 e. The highest BCUT2D eigenvalue weighted by Crippen LogP contribution is 2.57. The smallest absolute Gasteiger partial charge is 0.407 e. The van der Waals surface area contributed by atoms with E-state index in [0.717, 1.165) is 70.8 Å². The Labute approximate surface area is 290 Å². The van der Waals surface area contributed by atoms with E-state index in [1.165, 1.54) is 12.1 Å². The van der Waals surface area contributed by atoms with Gasteiger partial charge < -0.3 is 24.1 Å². The Balaban J connectivity index is 1.12. The summed E-state index contributed by atoms with van der Waals surface area (Å²) >= 11 is 0. The normalized spacial score (nSPS) is 16.3. The Morgan fingerprint density at radius 3 is 2.24 bits per heavy atom. The quantitative estimate of drug-likeness (QED) is 0.0713. The van der Waals surface area contributed by atoms with E-state index in [-0.39, 0.29) is 37.3 Å². The molecule has 0 radical (unpaired) electrons. The first-order chi connectivity index (χ1) is 24.4. The van der Waals surface area contributed by atoms with Gasteiger partial charge in [0, 0.05) is 35.2 Å². The summed E-state index contributed by atoms with van der Waals surface area (Å²) in [7, 11) is -4.04. The van der Waals surface area contributed by atoms with Gasteiger partial charge in [-0.25, -0.2) is 4.79 Å². The van der Waals surface area contributed by atoms with Gasteiger partial charge in [-0.2, -0.15) is 0 Å². The highest BCUT2D eigenvalue weighted by atomic mass is 31.2. The molecule has 2 aliphatic carbocycles. The summed E-state index contributed by atoms with van der Waals surface area (Å²) in [4.78, 5) is 27.7. The molecule has 50 heavy (non-hydrogen) atoms. The summed E-state index contributed by atoms with van der Waals surface area (Å²) < 4.78 is 33.4. The zero-order chi connectivity index (χ0) is 34.5. The van der Waals surface area contributed by atoms with Crippen LogP contribution < -0.4 is 5.32 Å². The number of para-hydroxylation sites is 1. The van der Waals surface area contributed by atoms with Gasteiger partial charge in [-0.15, -0.1) is 0 Å². The number of benzene rings is 4. The van der Waals surface area contributed by atoms with E-state index in [0.29, 0.717) is 12.0 Å². The molecule has 4 aromatic carbocycles. The summed E-state index contributed by atoms with van der Waals surface area (Å²) in [6.45, 7) is 0.0968. The number of non-ortho nitro benzene ring substituents is 1. The molecule has 2 N–H and O–H groups in total. The minimum atomic E-state index is -4.04. The van der Waals surface area contributed by atoms with Crippen molar-refractivity contribution in [1.29, 1.82) is 0 Å². The predicted molar refractivity (Wildman–Crippen MR) is 192 cm³/mol. The fourth-order valence-corrected chi connectivity index (χ4v) is 9.51. The summed E-state index contributed by atoms with van der Waals surface area (Å²) in [5.74, 6) is -1.22. The van der Waals surface area contributed by atoms with E-state index >= 15 is 4.57 Å². The number of amides is 1. The molecule has 2 atom stereocenters. The standard InChI is InChI=1S/C39H40N3O7P/c43-39(47-26-36-34-15-6-4-13-32(34)33-14-5-7-16-35(33)36)41-38(28-10-2-1-3-11-28)50(46,49-25-27-18-20-30(21-19-27)42(44)45)48-23-22-29-24-40-37-17-9-8-12-31(29)37/h4-9,12-21,24,28,36,38,40H,1-3,10-11,22-23,25-26H2,(H,41,43)/t38-,50?/m1/s1. The molecule has 7 rings (SSSR count). The lowest BCUT2D eigenvalue weighted by Crippen LogP contribution is -2.42. The van der Waals surface area contributed by atoms with Crippen molar-refractivity contribution in [1.82, 2.24) is 10.3 Å². The van der Waals surface area contributed by atoms with Crippen LogP contribution in [0.5, 0.6) is 0 Å². The number of aromatic nitrogens is 1. The number of nitrogens with one attached hydrogen (secondary N) is 2. The van der Waals surface area contributed by atoms with Gasteiger partial charge in [0.05, 0.1) is 18.1 Å². The van der Waals surface area contributed by atoms with Crippen LogP contribution in [0, 0.1) is 16.0 Å². The van der Waals surface area contributed by atoms with E-state index in [1.807, 2.05) is 54.7 Å². The maximum atomic E-state index is 15.0. The number of nitro groups is 1. The molecule has 1 fully saturated rings. The Hall–Kier alpha value is -4.76. The van der Waals surface area contributed by atoms with Crippen molar-refractivity contribution in [2.45, 2.75) is 56.8 Å². The lowest BCUT2D eigenvalue weighted by Gasteiger charge is -2.35. The van der Waals surface area contributed by atoms with E-state index in [1.54, 1.807) is 12.1 Å². The molecule has 1 unspecified atom stereocenters. The third kappa shape index (κ3) is 7.24. The van der Waals surface area contributed by atoms with Crippen molar-refractivity contribution in [2.24, 2.45) is 5.92 Å². The number of hydrogen-bond acceptors (Lipinski definition) is 7. The summed E-state index contributed by atoms with van der Waals surface area (Å²) in [6.07, 6.45) is 6.15. The number of nitrogens with zero attached hydrogens (tertiary/aromatic N) is 1. The number of carbonyl (C=O) groups excluding carboxylic acids is 1. The third-order valence-corrected chi connectivity index (χ3v) is 12.2. The average molecular weight is 694 g/mol. The summed E-state index contributed by atoms with van der Waals surface area (Å²) in [5, 5.41) is 15.2. The number of alkyl carbamates (subject to hydrolysis) is 1. The van der Waals surface area contributed by atoms with Crippen LogP contribution in [-0.2, 0) is 31.4 Å². The van der Waals surface area contributed by atoms with Crippen molar-refractivity contribution >= 4 is 30.3 Å². The van der Waals surface area contributed by atoms with E-state index < -0.39 is 24.4 Å². The van der Waals surface area contributed by atoms with E-state index in [4.69, 9.17) is 13.8 Å². The minimum Gasteiger partial charge on any atom is -0.449 e. The van der Waals surface area contributed by atoms with Gasteiger partial charge in [0.2, 0.25) is 0 Å². The van der Waals surface area contributed by atoms with Crippen LogP contribution in [-0.4, -0.2) is 35.0 Å². The van der Waals surface area contributed by atoms with Crippen molar-refractivity contribution in [3.63, 3.8) is 0 Å². The number of rotatable bonds is 13.